The van der Waals surface area contributed by atoms with E-state index in [0.29, 0.717) is 12.0 Å². The van der Waals surface area contributed by atoms with Gasteiger partial charge in [0.25, 0.3) is 0 Å². The number of phenolic OH excluding ortho intramolecular Hbond substituents is 2. The van der Waals surface area contributed by atoms with E-state index in [4.69, 9.17) is 23.7 Å². The van der Waals surface area contributed by atoms with Crippen molar-refractivity contribution in [1.82, 2.24) is 0 Å². The van der Waals surface area contributed by atoms with E-state index in [1.54, 1.807) is 6.92 Å². The van der Waals surface area contributed by atoms with E-state index in [-0.39, 0.29) is 24.2 Å². The van der Waals surface area contributed by atoms with E-state index in [9.17, 15) is 40.5 Å². The van der Waals surface area contributed by atoms with Crippen molar-refractivity contribution in [2.45, 2.75) is 75.1 Å². The Morgan fingerprint density at radius 3 is 2.54 bits per heavy atom. The molecule has 1 aromatic rings. The first-order valence-electron chi connectivity index (χ1n) is 11.8. The maximum Gasteiger partial charge on any atom is 0.330 e. The first-order valence-corrected chi connectivity index (χ1v) is 11.8. The van der Waals surface area contributed by atoms with Gasteiger partial charge in [0.05, 0.1) is 19.3 Å². The minimum atomic E-state index is -1.99. The Kier molecular flexibility index (Phi) is 9.86. The number of aliphatic hydroxyl groups is 5. The van der Waals surface area contributed by atoms with Gasteiger partial charge in [-0.05, 0) is 37.1 Å². The van der Waals surface area contributed by atoms with E-state index >= 15 is 0 Å². The van der Waals surface area contributed by atoms with Crippen LogP contribution >= 0.6 is 0 Å². The SMILES string of the molecule is CCC(C)OC1OC(COC2OCC(O)(COC(=O)C=Cc3ccc(O)c(O)c3)C2O)C(O)C(O)C1O. The predicted octanol–water partition coefficient (Wildman–Crippen LogP) is -1.26. The summed E-state index contributed by atoms with van der Waals surface area (Å²) < 4.78 is 26.8. The van der Waals surface area contributed by atoms with Crippen molar-refractivity contribution < 1.29 is 64.2 Å². The van der Waals surface area contributed by atoms with Gasteiger partial charge in [-0.2, -0.15) is 0 Å². The quantitative estimate of drug-likeness (QED) is 0.107. The third-order valence-corrected chi connectivity index (χ3v) is 6.22. The minimum Gasteiger partial charge on any atom is -0.504 e. The molecule has 1 aromatic carbocycles. The highest BCUT2D eigenvalue weighted by atomic mass is 16.7. The molecular formula is C24H34O13. The van der Waals surface area contributed by atoms with Gasteiger partial charge >= 0.3 is 5.97 Å². The minimum absolute atomic E-state index is 0.288. The van der Waals surface area contributed by atoms with Gasteiger partial charge in [-0.1, -0.05) is 13.0 Å². The molecule has 37 heavy (non-hydrogen) atoms. The van der Waals surface area contributed by atoms with Crippen LogP contribution in [0.2, 0.25) is 0 Å². The zero-order valence-electron chi connectivity index (χ0n) is 20.4. The number of phenols is 2. The summed E-state index contributed by atoms with van der Waals surface area (Å²) in [5.41, 5.74) is -1.58. The lowest BCUT2D eigenvalue weighted by Gasteiger charge is -2.41. The van der Waals surface area contributed by atoms with Crippen LogP contribution in [0.1, 0.15) is 25.8 Å². The molecule has 13 heteroatoms. The van der Waals surface area contributed by atoms with Crippen LogP contribution in [0.3, 0.4) is 0 Å². The molecule has 2 aliphatic rings. The molecule has 0 aliphatic carbocycles. The van der Waals surface area contributed by atoms with Crippen LogP contribution in [0.4, 0.5) is 0 Å². The predicted molar refractivity (Wildman–Crippen MR) is 124 cm³/mol. The van der Waals surface area contributed by atoms with Crippen LogP contribution in [-0.4, -0.2) is 116 Å². The summed E-state index contributed by atoms with van der Waals surface area (Å²) >= 11 is 0. The number of aliphatic hydroxyl groups excluding tert-OH is 4. The first-order chi connectivity index (χ1) is 17.4. The zero-order chi connectivity index (χ0) is 27.3. The lowest BCUT2D eigenvalue weighted by Crippen LogP contribution is -2.60. The molecule has 9 unspecified atom stereocenters. The van der Waals surface area contributed by atoms with Crippen molar-refractivity contribution in [2.75, 3.05) is 19.8 Å². The maximum absolute atomic E-state index is 12.0. The normalized spacial score (nSPS) is 35.1. The molecule has 2 heterocycles. The third-order valence-electron chi connectivity index (χ3n) is 6.22. The van der Waals surface area contributed by atoms with Gasteiger partial charge < -0.3 is 59.4 Å². The fourth-order valence-corrected chi connectivity index (χ4v) is 3.66. The van der Waals surface area contributed by atoms with Crippen molar-refractivity contribution in [1.29, 1.82) is 0 Å². The van der Waals surface area contributed by atoms with Gasteiger partial charge in [-0.25, -0.2) is 4.79 Å². The van der Waals surface area contributed by atoms with E-state index in [0.717, 1.165) is 6.08 Å². The molecule has 0 spiro atoms. The van der Waals surface area contributed by atoms with Gasteiger partial charge in [0, 0.05) is 6.08 Å². The van der Waals surface area contributed by atoms with Gasteiger partial charge in [0.2, 0.25) is 0 Å². The molecule has 208 valence electrons. The van der Waals surface area contributed by atoms with E-state index in [1.807, 2.05) is 6.92 Å². The highest BCUT2D eigenvalue weighted by molar-refractivity contribution is 5.87. The Morgan fingerprint density at radius 1 is 1.14 bits per heavy atom. The number of carbonyl (C=O) groups is 1. The Balaban J connectivity index is 1.50. The fraction of sp³-hybridized carbons (Fsp3) is 0.625. The van der Waals surface area contributed by atoms with Crippen LogP contribution in [0.5, 0.6) is 11.5 Å². The molecular weight excluding hydrogens is 496 g/mol. The Morgan fingerprint density at radius 2 is 1.86 bits per heavy atom. The summed E-state index contributed by atoms with van der Waals surface area (Å²) in [5, 5.41) is 70.5. The summed E-state index contributed by atoms with van der Waals surface area (Å²) in [6.07, 6.45) is -7.25. The lowest BCUT2D eigenvalue weighted by molar-refractivity contribution is -0.317. The Hall–Kier alpha value is -2.33. The summed E-state index contributed by atoms with van der Waals surface area (Å²) in [6.45, 7) is 2.17. The highest BCUT2D eigenvalue weighted by Crippen LogP contribution is 2.29. The summed E-state index contributed by atoms with van der Waals surface area (Å²) in [7, 11) is 0. The van der Waals surface area contributed by atoms with Gasteiger partial charge in [0.1, 0.15) is 37.1 Å². The molecule has 3 rings (SSSR count). The van der Waals surface area contributed by atoms with E-state index < -0.39 is 67.9 Å². The standard InChI is InChI=1S/C24H34O13/c1-3-12(2)36-22-20(30)19(29)18(28)16(37-22)9-33-23-21(31)24(32,11-35-23)10-34-17(27)7-5-13-4-6-14(25)15(26)8-13/h4-8,12,16,18-23,25-26,28-32H,3,9-11H2,1-2H3. The monoisotopic (exact) mass is 530 g/mol. The number of carbonyl (C=O) groups excluding carboxylic acids is 1. The number of benzene rings is 1. The largest absolute Gasteiger partial charge is 0.504 e. The van der Waals surface area contributed by atoms with Crippen LogP contribution in [0, 0.1) is 0 Å². The highest BCUT2D eigenvalue weighted by Gasteiger charge is 2.51. The molecule has 7 N–H and O–H groups in total. The average Bonchev–Trinajstić information content (AvgIpc) is 3.16. The second-order valence-electron chi connectivity index (χ2n) is 9.12. The molecule has 0 amide bonds. The Bertz CT molecular complexity index is 939. The van der Waals surface area contributed by atoms with E-state index in [1.165, 1.54) is 24.3 Å². The van der Waals surface area contributed by atoms with Gasteiger partial charge in [-0.15, -0.1) is 0 Å². The molecule has 2 fully saturated rings. The molecule has 2 aliphatic heterocycles. The number of rotatable bonds is 10. The summed E-state index contributed by atoms with van der Waals surface area (Å²) in [4.78, 5) is 12.0. The van der Waals surface area contributed by atoms with Crippen molar-refractivity contribution in [3.63, 3.8) is 0 Å². The molecule has 0 bridgehead atoms. The molecule has 0 saturated carbocycles. The van der Waals surface area contributed by atoms with Crippen molar-refractivity contribution in [2.24, 2.45) is 0 Å². The zero-order valence-corrected chi connectivity index (χ0v) is 20.4. The summed E-state index contributed by atoms with van der Waals surface area (Å²) in [6, 6.07) is 3.93. The van der Waals surface area contributed by atoms with Crippen LogP contribution < -0.4 is 0 Å². The molecule has 13 nitrogen and oxygen atoms in total. The number of ether oxygens (including phenoxy) is 5. The topological polar surface area (TPSA) is 205 Å². The van der Waals surface area contributed by atoms with Gasteiger partial charge in [-0.3, -0.25) is 0 Å². The van der Waals surface area contributed by atoms with E-state index in [2.05, 4.69) is 0 Å². The fourth-order valence-electron chi connectivity index (χ4n) is 3.66. The number of hydrogen-bond acceptors (Lipinski definition) is 13. The Labute approximate surface area is 213 Å². The number of aromatic hydroxyl groups is 2. The number of esters is 1. The van der Waals surface area contributed by atoms with Crippen molar-refractivity contribution in [3.8, 4) is 11.5 Å². The lowest BCUT2D eigenvalue weighted by atomic mass is 9.99. The van der Waals surface area contributed by atoms with Crippen molar-refractivity contribution >= 4 is 12.0 Å². The third kappa shape index (κ3) is 7.16. The maximum atomic E-state index is 12.0. The van der Waals surface area contributed by atoms with Crippen LogP contribution in [0.25, 0.3) is 6.08 Å². The second-order valence-corrected chi connectivity index (χ2v) is 9.12. The molecule has 0 radical (unpaired) electrons. The van der Waals surface area contributed by atoms with Gasteiger partial charge in [0.15, 0.2) is 29.7 Å². The molecule has 9 atom stereocenters. The second kappa shape index (κ2) is 12.5. The van der Waals surface area contributed by atoms with Crippen molar-refractivity contribution in [3.05, 3.63) is 29.8 Å². The first kappa shape index (κ1) is 29.2. The average molecular weight is 531 g/mol. The molecule has 2 saturated heterocycles. The van der Waals surface area contributed by atoms with Crippen LogP contribution in [0.15, 0.2) is 24.3 Å². The number of hydrogen-bond donors (Lipinski definition) is 7. The molecule has 0 aromatic heterocycles. The van der Waals surface area contributed by atoms with Crippen LogP contribution in [-0.2, 0) is 28.5 Å². The summed E-state index contributed by atoms with van der Waals surface area (Å²) in [5.74, 6) is -1.53. The smallest absolute Gasteiger partial charge is 0.330 e.